The van der Waals surface area contributed by atoms with Crippen LogP contribution in [0.5, 0.6) is 5.75 Å². The van der Waals surface area contributed by atoms with Gasteiger partial charge in [-0.15, -0.1) is 0 Å². The maximum atomic E-state index is 12.6. The van der Waals surface area contributed by atoms with Crippen molar-refractivity contribution in [3.05, 3.63) is 46.6 Å². The first-order chi connectivity index (χ1) is 13.9. The second-order valence-electron chi connectivity index (χ2n) is 6.36. The molecule has 0 bridgehead atoms. The van der Waals surface area contributed by atoms with Gasteiger partial charge < -0.3 is 21.1 Å². The predicted octanol–water partition coefficient (Wildman–Crippen LogP) is 2.79. The highest BCUT2D eigenvalue weighted by Crippen LogP contribution is 2.29. The Labute approximate surface area is 171 Å². The Morgan fingerprint density at radius 3 is 2.79 bits per heavy atom. The largest absolute Gasteiger partial charge is 0.508 e. The summed E-state index contributed by atoms with van der Waals surface area (Å²) < 4.78 is 1.52. The van der Waals surface area contributed by atoms with Crippen LogP contribution in [0.4, 0.5) is 16.6 Å². The third kappa shape index (κ3) is 4.91. The molecular formula is C19H22N6O3S. The van der Waals surface area contributed by atoms with Gasteiger partial charge in [-0.25, -0.2) is 4.98 Å². The number of hydrogen-bond donors (Lipinski definition) is 4. The number of amides is 2. The van der Waals surface area contributed by atoms with E-state index in [0.717, 1.165) is 5.56 Å². The summed E-state index contributed by atoms with van der Waals surface area (Å²) in [6.45, 7) is 6.15. The summed E-state index contributed by atoms with van der Waals surface area (Å²) >= 11 is 1.18. The molecule has 0 saturated carbocycles. The van der Waals surface area contributed by atoms with E-state index in [9.17, 15) is 14.7 Å². The topological polar surface area (TPSA) is 121 Å². The molecule has 2 aromatic heterocycles. The maximum absolute atomic E-state index is 12.6. The van der Waals surface area contributed by atoms with E-state index in [1.165, 1.54) is 22.2 Å². The molecule has 1 aromatic carbocycles. The minimum atomic E-state index is -0.311. The number of carbonyl (C=O) groups is 2. The summed E-state index contributed by atoms with van der Waals surface area (Å²) in [6, 6.07) is 5.06. The van der Waals surface area contributed by atoms with Crippen LogP contribution < -0.4 is 16.0 Å². The molecule has 0 fully saturated rings. The van der Waals surface area contributed by atoms with Crippen molar-refractivity contribution in [3.63, 3.8) is 0 Å². The lowest BCUT2D eigenvalue weighted by molar-refractivity contribution is -0.121. The highest BCUT2D eigenvalue weighted by molar-refractivity contribution is 7.17. The summed E-state index contributed by atoms with van der Waals surface area (Å²) in [7, 11) is 0. The fourth-order valence-electron chi connectivity index (χ4n) is 2.67. The molecule has 10 heteroatoms. The number of nitrogens with one attached hydrogen (secondary N) is 3. The summed E-state index contributed by atoms with van der Waals surface area (Å²) in [5, 5.41) is 23.2. The van der Waals surface area contributed by atoms with Gasteiger partial charge in [0.2, 0.25) is 5.91 Å². The van der Waals surface area contributed by atoms with Crippen LogP contribution >= 0.6 is 11.3 Å². The molecule has 0 unspecified atom stereocenters. The zero-order chi connectivity index (χ0) is 21.0. The molecule has 0 aliphatic heterocycles. The number of benzene rings is 1. The van der Waals surface area contributed by atoms with Gasteiger partial charge in [-0.05, 0) is 32.4 Å². The van der Waals surface area contributed by atoms with Crippen LogP contribution in [0.3, 0.4) is 0 Å². The zero-order valence-electron chi connectivity index (χ0n) is 16.3. The van der Waals surface area contributed by atoms with Gasteiger partial charge in [-0.2, -0.15) is 5.10 Å². The van der Waals surface area contributed by atoms with Crippen molar-refractivity contribution in [2.24, 2.45) is 0 Å². The fraction of sp³-hybridized carbons (Fsp3) is 0.263. The third-order valence-electron chi connectivity index (χ3n) is 4.17. The number of thiazole rings is 1. The van der Waals surface area contributed by atoms with Crippen LogP contribution in [0.25, 0.3) is 0 Å². The van der Waals surface area contributed by atoms with Gasteiger partial charge in [-0.1, -0.05) is 17.4 Å². The van der Waals surface area contributed by atoms with Gasteiger partial charge in [0.15, 0.2) is 10.9 Å². The van der Waals surface area contributed by atoms with E-state index in [1.54, 1.807) is 31.3 Å². The van der Waals surface area contributed by atoms with Crippen LogP contribution in [0.2, 0.25) is 0 Å². The van der Waals surface area contributed by atoms with E-state index < -0.39 is 0 Å². The Kier molecular flexibility index (Phi) is 6.13. The number of carbonyl (C=O) groups excluding carboxylic acids is 2. The first-order valence-corrected chi connectivity index (χ1v) is 9.82. The summed E-state index contributed by atoms with van der Waals surface area (Å²) in [5.41, 5.74) is 2.05. The molecule has 0 saturated heterocycles. The van der Waals surface area contributed by atoms with Crippen molar-refractivity contribution >= 4 is 39.8 Å². The second kappa shape index (κ2) is 8.74. The molecule has 0 aliphatic carbocycles. The molecule has 9 nitrogen and oxygen atoms in total. The monoisotopic (exact) mass is 414 g/mol. The van der Waals surface area contributed by atoms with Gasteiger partial charge in [0.05, 0.1) is 11.9 Å². The van der Waals surface area contributed by atoms with E-state index in [4.69, 9.17) is 0 Å². The Bertz CT molecular complexity index is 1040. The highest BCUT2D eigenvalue weighted by atomic mass is 32.1. The van der Waals surface area contributed by atoms with Crippen molar-refractivity contribution < 1.29 is 14.7 Å². The fourth-order valence-corrected chi connectivity index (χ4v) is 3.39. The van der Waals surface area contributed by atoms with Crippen molar-refractivity contribution in [1.82, 2.24) is 20.1 Å². The van der Waals surface area contributed by atoms with E-state index >= 15 is 0 Å². The molecule has 0 atom stereocenters. The molecule has 0 radical (unpaired) electrons. The van der Waals surface area contributed by atoms with Crippen LogP contribution in [0, 0.1) is 13.8 Å². The first-order valence-electron chi connectivity index (χ1n) is 9.01. The quantitative estimate of drug-likeness (QED) is 0.472. The molecular weight excluding hydrogens is 392 g/mol. The number of aromatic nitrogens is 3. The number of nitrogens with zero attached hydrogens (tertiary/aromatic N) is 3. The van der Waals surface area contributed by atoms with E-state index in [0.29, 0.717) is 33.6 Å². The molecule has 2 heterocycles. The standard InChI is InChI=1S/C19H22N6O3S/c1-4-20-16(27)10-25-8-7-15(24-25)22-19-21-9-14(29-19)18(28)23-17-11(2)5-6-13(26)12(17)3/h5-9,26H,4,10H2,1-3H3,(H,20,27)(H,23,28)(H,21,22,24). The smallest absolute Gasteiger partial charge is 0.267 e. The average Bonchev–Trinajstić information content (AvgIpc) is 3.32. The van der Waals surface area contributed by atoms with Crippen LogP contribution in [-0.2, 0) is 11.3 Å². The lowest BCUT2D eigenvalue weighted by Gasteiger charge is -2.11. The number of phenolic OH excluding ortho intramolecular Hbond substituents is 1. The van der Waals surface area contributed by atoms with E-state index in [-0.39, 0.29) is 24.1 Å². The minimum Gasteiger partial charge on any atom is -0.508 e. The normalized spacial score (nSPS) is 10.6. The molecule has 29 heavy (non-hydrogen) atoms. The van der Waals surface area contributed by atoms with Gasteiger partial charge >= 0.3 is 0 Å². The molecule has 3 aromatic rings. The second-order valence-corrected chi connectivity index (χ2v) is 7.39. The van der Waals surface area contributed by atoms with Crippen LogP contribution in [-0.4, -0.2) is 38.2 Å². The van der Waals surface area contributed by atoms with Crippen molar-refractivity contribution in [2.75, 3.05) is 17.2 Å². The summed E-state index contributed by atoms with van der Waals surface area (Å²) in [5.74, 6) is 0.220. The predicted molar refractivity (Wildman–Crippen MR) is 112 cm³/mol. The molecule has 3 rings (SSSR count). The van der Waals surface area contributed by atoms with Crippen LogP contribution in [0.1, 0.15) is 27.7 Å². The SMILES string of the molecule is CCNC(=O)Cn1ccc(Nc2ncc(C(=O)Nc3c(C)ccc(O)c3C)s2)n1. The number of likely N-dealkylation sites (N-methyl/N-ethyl adjacent to an activating group) is 1. The molecule has 4 N–H and O–H groups in total. The van der Waals surface area contributed by atoms with Gasteiger partial charge in [0.25, 0.3) is 5.91 Å². The number of rotatable bonds is 7. The third-order valence-corrected chi connectivity index (χ3v) is 5.08. The lowest BCUT2D eigenvalue weighted by atomic mass is 10.1. The van der Waals surface area contributed by atoms with E-state index in [1.807, 2.05) is 13.8 Å². The summed E-state index contributed by atoms with van der Waals surface area (Å²) in [6.07, 6.45) is 3.16. The van der Waals surface area contributed by atoms with E-state index in [2.05, 4.69) is 26.0 Å². The average molecular weight is 414 g/mol. The Morgan fingerprint density at radius 1 is 1.24 bits per heavy atom. The molecule has 2 amide bonds. The van der Waals surface area contributed by atoms with Gasteiger partial charge in [-0.3, -0.25) is 14.3 Å². The Hall–Kier alpha value is -3.40. The maximum Gasteiger partial charge on any atom is 0.267 e. The summed E-state index contributed by atoms with van der Waals surface area (Å²) in [4.78, 5) is 28.8. The number of anilines is 3. The first kappa shape index (κ1) is 20.3. The number of hydrogen-bond acceptors (Lipinski definition) is 7. The van der Waals surface area contributed by atoms with Crippen molar-refractivity contribution in [3.8, 4) is 5.75 Å². The minimum absolute atomic E-state index is 0.118. The Balaban J connectivity index is 1.65. The number of aromatic hydroxyl groups is 1. The molecule has 0 spiro atoms. The highest BCUT2D eigenvalue weighted by Gasteiger charge is 2.15. The zero-order valence-corrected chi connectivity index (χ0v) is 17.1. The van der Waals surface area contributed by atoms with Crippen molar-refractivity contribution in [2.45, 2.75) is 27.3 Å². The lowest BCUT2D eigenvalue weighted by Crippen LogP contribution is -2.27. The molecule has 0 aliphatic rings. The van der Waals surface area contributed by atoms with Gasteiger partial charge in [0, 0.05) is 24.4 Å². The van der Waals surface area contributed by atoms with Crippen LogP contribution in [0.15, 0.2) is 30.6 Å². The Morgan fingerprint density at radius 2 is 2.03 bits per heavy atom. The van der Waals surface area contributed by atoms with Gasteiger partial charge in [0.1, 0.15) is 17.2 Å². The molecule has 152 valence electrons. The number of phenols is 1. The van der Waals surface area contributed by atoms with Crippen molar-refractivity contribution in [1.29, 1.82) is 0 Å². The number of aryl methyl sites for hydroxylation is 1.